The van der Waals surface area contributed by atoms with E-state index in [-0.39, 0.29) is 5.82 Å². The molecular weight excluding hydrogens is 515 g/mol. The lowest BCUT2D eigenvalue weighted by Crippen LogP contribution is -2.44. The molecule has 3 aromatic heterocycles. The van der Waals surface area contributed by atoms with Gasteiger partial charge in [-0.15, -0.1) is 0 Å². The summed E-state index contributed by atoms with van der Waals surface area (Å²) in [5, 5.41) is 4.14. The highest BCUT2D eigenvalue weighted by molar-refractivity contribution is 7.92. The summed E-state index contributed by atoms with van der Waals surface area (Å²) in [4.78, 5) is 18.4. The number of rotatable bonds is 6. The van der Waals surface area contributed by atoms with Crippen LogP contribution in [0, 0.1) is 12.7 Å². The number of nitrogens with zero attached hydrogens (tertiary/aromatic N) is 7. The van der Waals surface area contributed by atoms with Gasteiger partial charge in [0.05, 0.1) is 5.69 Å². The number of aromatic nitrogens is 4. The van der Waals surface area contributed by atoms with Crippen LogP contribution in [0.5, 0.6) is 0 Å². The van der Waals surface area contributed by atoms with Crippen molar-refractivity contribution in [3.05, 3.63) is 59.7 Å². The summed E-state index contributed by atoms with van der Waals surface area (Å²) in [6, 6.07) is 11.4. The Kier molecular flexibility index (Phi) is 6.50. The molecule has 6 rings (SSSR count). The first-order chi connectivity index (χ1) is 18.7. The van der Waals surface area contributed by atoms with Crippen molar-refractivity contribution < 1.29 is 8.60 Å². The minimum absolute atomic E-state index is 0.224. The molecule has 2 fully saturated rings. The van der Waals surface area contributed by atoms with E-state index < -0.39 is 9.73 Å². The normalized spacial score (nSPS) is 16.6. The van der Waals surface area contributed by atoms with Crippen LogP contribution in [0.4, 0.5) is 27.5 Å². The molecule has 9 nitrogen and oxygen atoms in total. The van der Waals surface area contributed by atoms with Crippen molar-refractivity contribution in [3.8, 4) is 5.82 Å². The Morgan fingerprint density at radius 3 is 2.56 bits per heavy atom. The smallest absolute Gasteiger partial charge is 0.229 e. The van der Waals surface area contributed by atoms with Crippen LogP contribution in [0.2, 0.25) is 0 Å². The number of hydrogen-bond donors (Lipinski definition) is 1. The van der Waals surface area contributed by atoms with E-state index in [4.69, 9.17) is 9.97 Å². The average Bonchev–Trinajstić information content (AvgIpc) is 3.67. The first-order valence-corrected chi connectivity index (χ1v) is 15.5. The van der Waals surface area contributed by atoms with Crippen LogP contribution in [0.3, 0.4) is 0 Å². The van der Waals surface area contributed by atoms with Gasteiger partial charge >= 0.3 is 0 Å². The predicted octanol–water partition coefficient (Wildman–Crippen LogP) is 4.99. The highest BCUT2D eigenvalue weighted by atomic mass is 32.2. The topological polar surface area (TPSA) is 91.5 Å². The van der Waals surface area contributed by atoms with Gasteiger partial charge < -0.3 is 15.1 Å². The van der Waals surface area contributed by atoms with Crippen LogP contribution in [-0.2, 0) is 9.73 Å². The molecule has 2 aliphatic rings. The Bertz CT molecular complexity index is 1670. The lowest BCUT2D eigenvalue weighted by atomic mass is 10.1. The summed E-state index contributed by atoms with van der Waals surface area (Å²) in [6.07, 6.45) is 7.19. The highest BCUT2D eigenvalue weighted by Crippen LogP contribution is 2.43. The van der Waals surface area contributed by atoms with E-state index >= 15 is 4.39 Å². The zero-order chi connectivity index (χ0) is 27.3. The van der Waals surface area contributed by atoms with Gasteiger partial charge in [0.2, 0.25) is 5.95 Å². The van der Waals surface area contributed by atoms with Crippen molar-refractivity contribution in [2.45, 2.75) is 25.7 Å². The van der Waals surface area contributed by atoms with E-state index in [1.165, 1.54) is 0 Å². The number of piperazine rings is 1. The molecule has 1 aromatic carbocycles. The van der Waals surface area contributed by atoms with Gasteiger partial charge in [-0.25, -0.2) is 18.6 Å². The molecule has 0 spiro atoms. The molecule has 204 valence electrons. The summed E-state index contributed by atoms with van der Waals surface area (Å²) < 4.78 is 34.1. The Balaban J connectivity index is 1.36. The van der Waals surface area contributed by atoms with Crippen molar-refractivity contribution in [2.75, 3.05) is 56.0 Å². The van der Waals surface area contributed by atoms with Crippen LogP contribution in [0.25, 0.3) is 16.9 Å². The van der Waals surface area contributed by atoms with Crippen molar-refractivity contribution in [2.24, 2.45) is 4.36 Å². The molecule has 0 atom stereocenters. The second kappa shape index (κ2) is 9.87. The molecule has 39 heavy (non-hydrogen) atoms. The maximum Gasteiger partial charge on any atom is 0.229 e. The molecule has 11 heteroatoms. The van der Waals surface area contributed by atoms with Crippen molar-refractivity contribution in [1.82, 2.24) is 24.4 Å². The van der Waals surface area contributed by atoms with Gasteiger partial charge in [0, 0.05) is 76.9 Å². The third-order valence-corrected chi connectivity index (χ3v) is 7.91. The highest BCUT2D eigenvalue weighted by Gasteiger charge is 2.29. The number of nitrogens with one attached hydrogen (secondary N) is 1. The molecule has 0 unspecified atom stereocenters. The van der Waals surface area contributed by atoms with E-state index in [2.05, 4.69) is 37.6 Å². The maximum atomic E-state index is 15.5. The molecule has 1 N–H and O–H groups in total. The number of hydrogen-bond acceptors (Lipinski definition) is 8. The molecule has 4 heterocycles. The summed E-state index contributed by atoms with van der Waals surface area (Å²) in [7, 11) is -0.263. The lowest BCUT2D eigenvalue weighted by molar-refractivity contribution is 0.311. The fourth-order valence-corrected chi connectivity index (χ4v) is 5.57. The summed E-state index contributed by atoms with van der Waals surface area (Å²) >= 11 is 0. The van der Waals surface area contributed by atoms with Crippen LogP contribution >= 0.6 is 0 Å². The second-order valence-corrected chi connectivity index (χ2v) is 13.3. The molecular formula is C28H33FN8OS. The maximum absolute atomic E-state index is 15.5. The SMILES string of the molecule is Cc1c(Nc2ncc3cc(C4CC4)n(-c4cccc(N=S(C)(C)=O)n4)c3n2)ccc(N2CCN(C)CC2)c1F. The van der Waals surface area contributed by atoms with Crippen molar-refractivity contribution in [3.63, 3.8) is 0 Å². The van der Waals surface area contributed by atoms with Gasteiger partial charge in [-0.2, -0.15) is 9.35 Å². The summed E-state index contributed by atoms with van der Waals surface area (Å²) in [5.74, 6) is 1.67. The fourth-order valence-electron chi connectivity index (χ4n) is 5.02. The quantitative estimate of drug-likeness (QED) is 0.363. The summed E-state index contributed by atoms with van der Waals surface area (Å²) in [5.41, 5.74) is 3.62. The monoisotopic (exact) mass is 548 g/mol. The molecule has 4 aromatic rings. The first-order valence-electron chi connectivity index (χ1n) is 13.2. The molecule has 0 radical (unpaired) electrons. The third-order valence-electron chi connectivity index (χ3n) is 7.28. The minimum atomic E-state index is -2.35. The fraction of sp³-hybridized carbons (Fsp3) is 0.393. The Morgan fingerprint density at radius 2 is 1.85 bits per heavy atom. The zero-order valence-corrected chi connectivity index (χ0v) is 23.5. The first kappa shape index (κ1) is 25.7. The van der Waals surface area contributed by atoms with Crippen LogP contribution in [0.1, 0.15) is 30.0 Å². The van der Waals surface area contributed by atoms with Gasteiger partial charge in [0.15, 0.2) is 17.3 Å². The van der Waals surface area contributed by atoms with E-state index in [0.29, 0.717) is 46.1 Å². The number of anilines is 3. The molecule has 0 amide bonds. The van der Waals surface area contributed by atoms with Gasteiger partial charge in [-0.1, -0.05) is 6.07 Å². The predicted molar refractivity (Wildman–Crippen MR) is 155 cm³/mol. The van der Waals surface area contributed by atoms with Crippen LogP contribution in [0.15, 0.2) is 47.0 Å². The molecule has 0 bridgehead atoms. The van der Waals surface area contributed by atoms with E-state index in [1.54, 1.807) is 31.7 Å². The van der Waals surface area contributed by atoms with E-state index in [0.717, 1.165) is 50.1 Å². The van der Waals surface area contributed by atoms with Crippen molar-refractivity contribution in [1.29, 1.82) is 0 Å². The standard InChI is InChI=1S/C28H33FN8OS/c1-18-21(10-11-22(26(18)29)36-14-12-35(2)13-15-36)31-28-30-17-20-16-23(19-8-9-19)37(27(20)33-28)25-7-5-6-24(32-25)34-39(3,4)38/h5-7,10-11,16-17,19H,8-9,12-15H2,1-4H3,(H,30,31,33). The molecule has 1 aliphatic carbocycles. The Morgan fingerprint density at radius 1 is 1.08 bits per heavy atom. The molecule has 1 saturated carbocycles. The Labute approximate surface area is 228 Å². The largest absolute Gasteiger partial charge is 0.367 e. The Hall–Kier alpha value is -3.57. The second-order valence-electron chi connectivity index (χ2n) is 10.8. The number of likely N-dealkylation sites (N-methyl/N-ethyl adjacent to an activating group) is 1. The summed E-state index contributed by atoms with van der Waals surface area (Å²) in [6.45, 7) is 5.21. The number of halogens is 1. The molecule has 1 aliphatic heterocycles. The number of fused-ring (bicyclic) bond motifs is 1. The van der Waals surface area contributed by atoms with Crippen LogP contribution in [-0.4, -0.2) is 74.4 Å². The molecule has 1 saturated heterocycles. The lowest BCUT2D eigenvalue weighted by Gasteiger charge is -2.34. The van der Waals surface area contributed by atoms with Gasteiger partial charge in [0.25, 0.3) is 0 Å². The van der Waals surface area contributed by atoms with Gasteiger partial charge in [-0.05, 0) is 63.1 Å². The minimum Gasteiger partial charge on any atom is -0.367 e. The average molecular weight is 549 g/mol. The van der Waals surface area contributed by atoms with Crippen molar-refractivity contribution >= 4 is 43.9 Å². The number of benzene rings is 1. The zero-order valence-electron chi connectivity index (χ0n) is 22.7. The number of pyridine rings is 1. The van der Waals surface area contributed by atoms with Crippen LogP contribution < -0.4 is 10.2 Å². The van der Waals surface area contributed by atoms with Gasteiger partial charge in [0.1, 0.15) is 5.82 Å². The van der Waals surface area contributed by atoms with E-state index in [1.807, 2.05) is 28.8 Å². The van der Waals surface area contributed by atoms with E-state index in [9.17, 15) is 4.21 Å². The third kappa shape index (κ3) is 5.33. The van der Waals surface area contributed by atoms with Gasteiger partial charge in [-0.3, -0.25) is 4.57 Å².